The molecule has 1 aromatic carbocycles. The Labute approximate surface area is 158 Å². The van der Waals surface area contributed by atoms with E-state index in [1.54, 1.807) is 24.3 Å². The number of benzene rings is 1. The molecule has 0 saturated carbocycles. The maximum Gasteiger partial charge on any atom is 0.243 e. The lowest BCUT2D eigenvalue weighted by molar-refractivity contribution is -0.124. The van der Waals surface area contributed by atoms with Crippen molar-refractivity contribution in [3.05, 3.63) is 29.8 Å². The van der Waals surface area contributed by atoms with Gasteiger partial charge in [-0.3, -0.25) is 4.79 Å². The van der Waals surface area contributed by atoms with E-state index in [1.165, 1.54) is 4.31 Å². The van der Waals surface area contributed by atoms with Gasteiger partial charge in [0.05, 0.1) is 4.90 Å². The van der Waals surface area contributed by atoms with Gasteiger partial charge >= 0.3 is 0 Å². The first-order valence-corrected chi connectivity index (χ1v) is 11.0. The van der Waals surface area contributed by atoms with E-state index in [0.29, 0.717) is 25.3 Å². The van der Waals surface area contributed by atoms with Crippen LogP contribution >= 0.6 is 0 Å². The van der Waals surface area contributed by atoms with E-state index in [2.05, 4.69) is 19.2 Å². The van der Waals surface area contributed by atoms with Crippen molar-refractivity contribution >= 4 is 15.9 Å². The molecule has 1 amide bonds. The Hall–Kier alpha value is -1.40. The number of nitrogens with one attached hydrogen (secondary N) is 1. The zero-order valence-corrected chi connectivity index (χ0v) is 17.2. The molecule has 1 aromatic rings. The molecule has 0 bridgehead atoms. The number of rotatable bonds is 8. The highest BCUT2D eigenvalue weighted by Gasteiger charge is 2.39. The zero-order chi connectivity index (χ0) is 19.3. The molecule has 2 atom stereocenters. The van der Waals surface area contributed by atoms with Crippen LogP contribution in [0.2, 0.25) is 0 Å². The van der Waals surface area contributed by atoms with Gasteiger partial charge in [0, 0.05) is 12.6 Å². The summed E-state index contributed by atoms with van der Waals surface area (Å²) in [5.74, 6) is 0.484. The summed E-state index contributed by atoms with van der Waals surface area (Å²) in [4.78, 5) is 12.9. The van der Waals surface area contributed by atoms with E-state index >= 15 is 0 Å². The Balaban J connectivity index is 2.02. The number of sulfonamides is 1. The molecule has 1 aliphatic heterocycles. The smallest absolute Gasteiger partial charge is 0.243 e. The molecule has 0 radical (unpaired) electrons. The molecule has 0 unspecified atom stereocenters. The highest BCUT2D eigenvalue weighted by Crippen LogP contribution is 2.26. The first kappa shape index (κ1) is 20.9. The van der Waals surface area contributed by atoms with Crippen molar-refractivity contribution in [2.24, 2.45) is 5.92 Å². The van der Waals surface area contributed by atoms with Gasteiger partial charge in [0.1, 0.15) is 6.04 Å². The van der Waals surface area contributed by atoms with Crippen molar-refractivity contribution in [1.29, 1.82) is 0 Å². The summed E-state index contributed by atoms with van der Waals surface area (Å²) < 4.78 is 27.2. The SMILES string of the molecule is Cc1ccc(S(=O)(=O)N2CCC[C@@H]2C(=O)N[C@H](C)CCCC(C)C)cc1. The van der Waals surface area contributed by atoms with Gasteiger partial charge in [-0.2, -0.15) is 4.31 Å². The second kappa shape index (κ2) is 9.00. The monoisotopic (exact) mass is 380 g/mol. The topological polar surface area (TPSA) is 66.5 Å². The van der Waals surface area contributed by atoms with Crippen LogP contribution in [0.5, 0.6) is 0 Å². The third-order valence-corrected chi connectivity index (χ3v) is 6.86. The quantitative estimate of drug-likeness (QED) is 0.751. The van der Waals surface area contributed by atoms with Crippen LogP contribution in [0.15, 0.2) is 29.2 Å². The van der Waals surface area contributed by atoms with Gasteiger partial charge in [-0.25, -0.2) is 8.42 Å². The number of carbonyl (C=O) groups excluding carboxylic acids is 1. The third kappa shape index (κ3) is 5.30. The number of nitrogens with zero attached hydrogens (tertiary/aromatic N) is 1. The van der Waals surface area contributed by atoms with E-state index < -0.39 is 16.1 Å². The van der Waals surface area contributed by atoms with Crippen LogP contribution < -0.4 is 5.32 Å². The van der Waals surface area contributed by atoms with Crippen LogP contribution in [0.1, 0.15) is 58.4 Å². The van der Waals surface area contributed by atoms with E-state index in [-0.39, 0.29) is 16.8 Å². The Morgan fingerprint density at radius 1 is 1.19 bits per heavy atom. The lowest BCUT2D eigenvalue weighted by Gasteiger charge is -2.25. The van der Waals surface area contributed by atoms with E-state index in [1.807, 2.05) is 13.8 Å². The Kier molecular flexibility index (Phi) is 7.24. The Bertz CT molecular complexity index is 698. The summed E-state index contributed by atoms with van der Waals surface area (Å²) in [6, 6.07) is 6.27. The summed E-state index contributed by atoms with van der Waals surface area (Å²) in [5, 5.41) is 3.01. The lowest BCUT2D eigenvalue weighted by Crippen LogP contribution is -2.48. The normalized spacial score (nSPS) is 19.7. The van der Waals surface area contributed by atoms with Gasteiger partial charge in [0.15, 0.2) is 0 Å². The van der Waals surface area contributed by atoms with Crippen LogP contribution in [-0.2, 0) is 14.8 Å². The molecule has 0 aromatic heterocycles. The van der Waals surface area contributed by atoms with Crippen molar-refractivity contribution in [2.75, 3.05) is 6.54 Å². The minimum atomic E-state index is -3.64. The summed E-state index contributed by atoms with van der Waals surface area (Å²) in [7, 11) is -3.64. The largest absolute Gasteiger partial charge is 0.352 e. The fraction of sp³-hybridized carbons (Fsp3) is 0.650. The number of hydrogen-bond donors (Lipinski definition) is 1. The van der Waals surface area contributed by atoms with Crippen LogP contribution in [0, 0.1) is 12.8 Å². The van der Waals surface area contributed by atoms with Gasteiger partial charge in [0.2, 0.25) is 15.9 Å². The average Bonchev–Trinajstić information content (AvgIpc) is 3.05. The number of hydrogen-bond acceptors (Lipinski definition) is 3. The minimum Gasteiger partial charge on any atom is -0.352 e. The number of carbonyl (C=O) groups is 1. The van der Waals surface area contributed by atoms with Crippen LogP contribution in [0.4, 0.5) is 0 Å². The van der Waals surface area contributed by atoms with Crippen LogP contribution in [0.25, 0.3) is 0 Å². The predicted octanol–water partition coefficient (Wildman–Crippen LogP) is 3.48. The van der Waals surface area contributed by atoms with Crippen LogP contribution in [-0.4, -0.2) is 37.3 Å². The Morgan fingerprint density at radius 3 is 2.46 bits per heavy atom. The molecule has 1 aliphatic rings. The predicted molar refractivity (Wildman–Crippen MR) is 104 cm³/mol. The van der Waals surface area contributed by atoms with Gasteiger partial charge < -0.3 is 5.32 Å². The maximum absolute atomic E-state index is 12.9. The van der Waals surface area contributed by atoms with Gasteiger partial charge in [0.25, 0.3) is 0 Å². The summed E-state index contributed by atoms with van der Waals surface area (Å²) in [6.45, 7) is 8.69. The molecule has 26 heavy (non-hydrogen) atoms. The third-order valence-electron chi connectivity index (χ3n) is 4.94. The zero-order valence-electron chi connectivity index (χ0n) is 16.4. The molecular formula is C20H32N2O3S. The highest BCUT2D eigenvalue weighted by molar-refractivity contribution is 7.89. The molecule has 1 heterocycles. The van der Waals surface area contributed by atoms with Crippen LogP contribution in [0.3, 0.4) is 0 Å². The average molecular weight is 381 g/mol. The molecule has 5 nitrogen and oxygen atoms in total. The molecule has 0 spiro atoms. The van der Waals surface area contributed by atoms with E-state index in [4.69, 9.17) is 0 Å². The fourth-order valence-electron chi connectivity index (χ4n) is 3.38. The molecule has 1 saturated heterocycles. The summed E-state index contributed by atoms with van der Waals surface area (Å²) >= 11 is 0. The summed E-state index contributed by atoms with van der Waals surface area (Å²) in [5.41, 5.74) is 1.01. The van der Waals surface area contributed by atoms with Crippen molar-refractivity contribution in [3.63, 3.8) is 0 Å². The molecule has 6 heteroatoms. The fourth-order valence-corrected chi connectivity index (χ4v) is 5.04. The molecular weight excluding hydrogens is 348 g/mol. The molecule has 1 N–H and O–H groups in total. The standard InChI is InChI=1S/C20H32N2O3S/c1-15(2)7-5-8-17(4)21-20(23)19-9-6-14-22(19)26(24,25)18-12-10-16(3)11-13-18/h10-13,15,17,19H,5-9,14H2,1-4H3,(H,21,23)/t17-,19-/m1/s1. The first-order valence-electron chi connectivity index (χ1n) is 9.60. The number of aryl methyl sites for hydroxylation is 1. The molecule has 0 aliphatic carbocycles. The number of amides is 1. The van der Waals surface area contributed by atoms with E-state index in [9.17, 15) is 13.2 Å². The van der Waals surface area contributed by atoms with Crippen molar-refractivity contribution < 1.29 is 13.2 Å². The molecule has 2 rings (SSSR count). The first-order chi connectivity index (χ1) is 12.2. The second-order valence-corrected chi connectivity index (χ2v) is 9.71. The van der Waals surface area contributed by atoms with Gasteiger partial charge in [-0.1, -0.05) is 44.4 Å². The molecule has 146 valence electrons. The van der Waals surface area contributed by atoms with Gasteiger partial charge in [-0.05, 0) is 51.2 Å². The second-order valence-electron chi connectivity index (χ2n) is 7.82. The summed E-state index contributed by atoms with van der Waals surface area (Å²) in [6.07, 6.45) is 4.41. The van der Waals surface area contributed by atoms with Crippen molar-refractivity contribution in [3.8, 4) is 0 Å². The maximum atomic E-state index is 12.9. The highest BCUT2D eigenvalue weighted by atomic mass is 32.2. The van der Waals surface area contributed by atoms with Crippen molar-refractivity contribution in [1.82, 2.24) is 9.62 Å². The van der Waals surface area contributed by atoms with Gasteiger partial charge in [-0.15, -0.1) is 0 Å². The van der Waals surface area contributed by atoms with Crippen molar-refractivity contribution in [2.45, 2.75) is 76.8 Å². The lowest BCUT2D eigenvalue weighted by atomic mass is 10.0. The molecule has 1 fully saturated rings. The Morgan fingerprint density at radius 2 is 1.85 bits per heavy atom. The minimum absolute atomic E-state index is 0.0609. The van der Waals surface area contributed by atoms with E-state index in [0.717, 1.165) is 24.8 Å².